The highest BCUT2D eigenvalue weighted by atomic mass is 28.3. The van der Waals surface area contributed by atoms with Gasteiger partial charge in [-0.2, -0.15) is 0 Å². The minimum Gasteiger partial charge on any atom is -0.464 e. The molecule has 0 aromatic heterocycles. The predicted octanol–water partition coefficient (Wildman–Crippen LogP) is 4.01. The number of rotatable bonds is 7. The molecule has 0 spiro atoms. The lowest BCUT2D eigenvalue weighted by molar-refractivity contribution is -0.169. The van der Waals surface area contributed by atoms with E-state index < -0.39 is 14.1 Å². The molecule has 1 amide bonds. The van der Waals surface area contributed by atoms with Crippen LogP contribution in [0.25, 0.3) is 0 Å². The predicted molar refractivity (Wildman–Crippen MR) is 98.5 cm³/mol. The van der Waals surface area contributed by atoms with Gasteiger partial charge in [-0.25, -0.2) is 4.79 Å². The number of unbranched alkanes of at least 4 members (excludes halogenated alkanes) is 1. The summed E-state index contributed by atoms with van der Waals surface area (Å²) < 4.78 is 5.47. The molecule has 4 nitrogen and oxygen atoms in total. The van der Waals surface area contributed by atoms with Crippen molar-refractivity contribution in [2.75, 3.05) is 6.61 Å². The fraction of sp³-hybridized carbons (Fsp3) is 0.579. The molecule has 0 saturated carbocycles. The number of carbonyl (C=O) groups is 2. The number of likely N-dealkylation sites (tertiary alicyclic amines) is 1. The van der Waals surface area contributed by atoms with Crippen molar-refractivity contribution in [2.45, 2.75) is 64.0 Å². The molecule has 0 aliphatic carbocycles. The number of nitrogens with zero attached hydrogens (tertiary/aromatic N) is 1. The number of amides is 1. The van der Waals surface area contributed by atoms with E-state index in [2.05, 4.69) is 26.6 Å². The first-order chi connectivity index (χ1) is 11.3. The molecule has 0 bridgehead atoms. The summed E-state index contributed by atoms with van der Waals surface area (Å²) in [6.07, 6.45) is 1.84. The molecule has 5 heteroatoms. The third-order valence-electron chi connectivity index (χ3n) is 4.75. The van der Waals surface area contributed by atoms with Crippen LogP contribution < -0.4 is 0 Å². The topological polar surface area (TPSA) is 46.6 Å². The van der Waals surface area contributed by atoms with E-state index in [1.54, 1.807) is 4.90 Å². The van der Waals surface area contributed by atoms with Crippen molar-refractivity contribution in [3.8, 4) is 0 Å². The average molecular weight is 348 g/mol. The first-order valence-electron chi connectivity index (χ1n) is 8.82. The monoisotopic (exact) mass is 347 g/mol. The quantitative estimate of drug-likeness (QED) is 0.324. The first-order valence-corrected chi connectivity index (χ1v) is 12.4. The van der Waals surface area contributed by atoms with Crippen LogP contribution in [-0.4, -0.2) is 37.5 Å². The van der Waals surface area contributed by atoms with Crippen molar-refractivity contribution in [3.05, 3.63) is 35.9 Å². The van der Waals surface area contributed by atoms with Crippen molar-refractivity contribution in [1.29, 1.82) is 0 Å². The maximum absolute atomic E-state index is 12.8. The van der Waals surface area contributed by atoms with E-state index in [9.17, 15) is 9.59 Å². The summed E-state index contributed by atoms with van der Waals surface area (Å²) in [6.45, 7) is 10.9. The van der Waals surface area contributed by atoms with Gasteiger partial charge >= 0.3 is 5.97 Å². The number of benzene rings is 1. The molecule has 1 unspecified atom stereocenters. The zero-order chi connectivity index (χ0) is 17.9. The third-order valence-corrected chi connectivity index (χ3v) is 7.18. The van der Waals surface area contributed by atoms with Crippen LogP contribution in [0, 0.1) is 0 Å². The molecule has 24 heavy (non-hydrogen) atoms. The van der Waals surface area contributed by atoms with Crippen LogP contribution in [0.2, 0.25) is 25.2 Å². The minimum atomic E-state index is -1.79. The van der Waals surface area contributed by atoms with E-state index in [-0.39, 0.29) is 23.5 Å². The molecular weight excluding hydrogens is 318 g/mol. The second kappa shape index (κ2) is 7.51. The summed E-state index contributed by atoms with van der Waals surface area (Å²) in [7, 11) is -1.79. The highest BCUT2D eigenvalue weighted by molar-refractivity contribution is 6.81. The lowest BCUT2D eigenvalue weighted by atomic mass is 9.94. The van der Waals surface area contributed by atoms with Crippen LogP contribution in [0.15, 0.2) is 30.3 Å². The highest BCUT2D eigenvalue weighted by Crippen LogP contribution is 2.45. The molecule has 1 aromatic carbocycles. The van der Waals surface area contributed by atoms with Crippen molar-refractivity contribution in [1.82, 2.24) is 4.90 Å². The summed E-state index contributed by atoms with van der Waals surface area (Å²) >= 11 is 0. The Morgan fingerprint density at radius 1 is 1.25 bits per heavy atom. The van der Waals surface area contributed by atoms with Gasteiger partial charge in [0.15, 0.2) is 0 Å². The van der Waals surface area contributed by atoms with E-state index in [0.29, 0.717) is 6.61 Å². The fourth-order valence-electron chi connectivity index (χ4n) is 3.33. The summed E-state index contributed by atoms with van der Waals surface area (Å²) in [5.74, 6) is -0.138. The van der Waals surface area contributed by atoms with Gasteiger partial charge in [-0.3, -0.25) is 4.79 Å². The molecule has 0 radical (unpaired) electrons. The number of ether oxygens (including phenoxy) is 1. The van der Waals surface area contributed by atoms with Gasteiger partial charge < -0.3 is 9.64 Å². The van der Waals surface area contributed by atoms with E-state index in [1.165, 1.54) is 0 Å². The van der Waals surface area contributed by atoms with E-state index in [0.717, 1.165) is 18.4 Å². The van der Waals surface area contributed by atoms with Crippen molar-refractivity contribution < 1.29 is 14.3 Å². The van der Waals surface area contributed by atoms with Crippen LogP contribution >= 0.6 is 0 Å². The Balaban J connectivity index is 2.22. The molecule has 1 fully saturated rings. The first kappa shape index (κ1) is 18.7. The molecule has 1 aromatic rings. The maximum Gasteiger partial charge on any atom is 0.329 e. The van der Waals surface area contributed by atoms with Gasteiger partial charge in [0.05, 0.1) is 26.3 Å². The largest absolute Gasteiger partial charge is 0.464 e. The summed E-state index contributed by atoms with van der Waals surface area (Å²) in [4.78, 5) is 27.2. The van der Waals surface area contributed by atoms with Crippen molar-refractivity contribution >= 4 is 20.0 Å². The highest BCUT2D eigenvalue weighted by Gasteiger charge is 2.58. The maximum atomic E-state index is 12.8. The van der Waals surface area contributed by atoms with Crippen LogP contribution in [0.4, 0.5) is 0 Å². The Bertz CT molecular complexity index is 582. The zero-order valence-corrected chi connectivity index (χ0v) is 16.4. The lowest BCUT2D eigenvalue weighted by Crippen LogP contribution is -2.67. The Kier molecular flexibility index (Phi) is 5.86. The molecule has 1 heterocycles. The van der Waals surface area contributed by atoms with Crippen LogP contribution in [0.3, 0.4) is 0 Å². The second-order valence-corrected chi connectivity index (χ2v) is 13.0. The Morgan fingerprint density at radius 3 is 2.42 bits per heavy atom. The molecule has 1 aliphatic heterocycles. The number of carbonyl (C=O) groups excluding carboxylic acids is 2. The molecule has 2 rings (SSSR count). The average Bonchev–Trinajstić information content (AvgIpc) is 2.52. The number of hydrogen-bond acceptors (Lipinski definition) is 3. The molecule has 3 atom stereocenters. The summed E-state index contributed by atoms with van der Waals surface area (Å²) in [6, 6.07) is 9.32. The van der Waals surface area contributed by atoms with Gasteiger partial charge in [-0.15, -0.1) is 0 Å². The summed E-state index contributed by atoms with van der Waals surface area (Å²) in [5.41, 5.74) is 0.865. The molecule has 1 aliphatic rings. The lowest BCUT2D eigenvalue weighted by Gasteiger charge is -2.52. The van der Waals surface area contributed by atoms with Gasteiger partial charge in [0.1, 0.15) is 6.04 Å². The van der Waals surface area contributed by atoms with Crippen LogP contribution in [-0.2, 0) is 14.3 Å². The number of β-lactam (4-membered cyclic amide) rings is 1. The Hall–Kier alpha value is -1.62. The second-order valence-electron chi connectivity index (χ2n) is 7.64. The van der Waals surface area contributed by atoms with E-state index >= 15 is 0 Å². The minimum absolute atomic E-state index is 0.1000. The van der Waals surface area contributed by atoms with Crippen LogP contribution in [0.5, 0.6) is 0 Å². The van der Waals surface area contributed by atoms with Gasteiger partial charge in [0.2, 0.25) is 5.91 Å². The van der Waals surface area contributed by atoms with Gasteiger partial charge in [0.25, 0.3) is 0 Å². The van der Waals surface area contributed by atoms with Crippen molar-refractivity contribution in [2.24, 2.45) is 0 Å². The smallest absolute Gasteiger partial charge is 0.329 e. The van der Waals surface area contributed by atoms with Crippen LogP contribution in [0.1, 0.15) is 38.3 Å². The molecule has 0 N–H and O–H groups in total. The van der Waals surface area contributed by atoms with E-state index in [1.807, 2.05) is 37.3 Å². The van der Waals surface area contributed by atoms with Gasteiger partial charge in [0, 0.05) is 0 Å². The SMILES string of the molecule is CCCCOC(=O)[C@@H]1[C@@H]([Si](C)(C)C)C(=O)N1C(C)c1ccccc1. The Labute approximate surface area is 146 Å². The zero-order valence-electron chi connectivity index (χ0n) is 15.4. The van der Waals surface area contributed by atoms with Crippen molar-refractivity contribution in [3.63, 3.8) is 0 Å². The Morgan fingerprint density at radius 2 is 1.88 bits per heavy atom. The number of hydrogen-bond donors (Lipinski definition) is 0. The van der Waals surface area contributed by atoms with Gasteiger partial charge in [-0.05, 0) is 18.9 Å². The third kappa shape index (κ3) is 3.72. The normalized spacial score (nSPS) is 22.0. The van der Waals surface area contributed by atoms with E-state index in [4.69, 9.17) is 4.74 Å². The fourth-order valence-corrected chi connectivity index (χ4v) is 5.47. The molecule has 1 saturated heterocycles. The molecule has 132 valence electrons. The number of esters is 1. The van der Waals surface area contributed by atoms with Gasteiger partial charge in [-0.1, -0.05) is 63.3 Å². The standard InChI is InChI=1S/C19H29NO3Si/c1-6-7-13-23-19(22)16-17(24(3,4)5)18(21)20(16)14(2)15-11-9-8-10-12-15/h8-12,14,16-17H,6-7,13H2,1-5H3/t14?,16-,17+/m0/s1. The summed E-state index contributed by atoms with van der Waals surface area (Å²) in [5, 5.41) is 0. The molecular formula is C19H29NO3Si.